The van der Waals surface area contributed by atoms with E-state index in [9.17, 15) is 9.18 Å². The van der Waals surface area contributed by atoms with Crippen LogP contribution in [0.25, 0.3) is 16.7 Å². The van der Waals surface area contributed by atoms with E-state index in [0.29, 0.717) is 49.3 Å². The van der Waals surface area contributed by atoms with E-state index in [-0.39, 0.29) is 11.9 Å². The highest BCUT2D eigenvalue weighted by atomic mass is 19.1. The molecule has 5 heterocycles. The Morgan fingerprint density at radius 3 is 2.62 bits per heavy atom. The molecule has 13 heteroatoms. The molecule has 1 saturated heterocycles. The number of hydrogen-bond donors (Lipinski definition) is 3. The van der Waals surface area contributed by atoms with E-state index in [1.165, 1.54) is 10.9 Å². The number of H-pyrrole nitrogens is 1. The van der Waals surface area contributed by atoms with Crippen LogP contribution < -0.4 is 15.5 Å². The van der Waals surface area contributed by atoms with Crippen LogP contribution in [-0.4, -0.2) is 66.6 Å². The van der Waals surface area contributed by atoms with Crippen molar-refractivity contribution >= 4 is 34.4 Å². The van der Waals surface area contributed by atoms with Crippen LogP contribution in [0.5, 0.6) is 0 Å². The average Bonchev–Trinajstić information content (AvgIpc) is 3.64. The van der Waals surface area contributed by atoms with E-state index in [2.05, 4.69) is 35.8 Å². The predicted molar refractivity (Wildman–Crippen MR) is 155 cm³/mol. The number of aromatic amines is 1. The van der Waals surface area contributed by atoms with Gasteiger partial charge in [0.15, 0.2) is 17.5 Å². The lowest BCUT2D eigenvalue weighted by molar-refractivity contribution is -0.146. The third kappa shape index (κ3) is 5.38. The number of aryl methyl sites for hydroxylation is 1. The summed E-state index contributed by atoms with van der Waals surface area (Å²) in [6.45, 7) is 4.89. The fourth-order valence-corrected chi connectivity index (χ4v) is 5.12. The second-order valence-electron chi connectivity index (χ2n) is 10.4. The van der Waals surface area contributed by atoms with E-state index < -0.39 is 11.4 Å². The average molecular weight is 571 g/mol. The van der Waals surface area contributed by atoms with Gasteiger partial charge in [-0.3, -0.25) is 9.89 Å². The fraction of sp³-hybridized carbons (Fsp3) is 0.310. The van der Waals surface area contributed by atoms with Crippen molar-refractivity contribution in [3.05, 3.63) is 78.1 Å². The monoisotopic (exact) mass is 570 g/mol. The Morgan fingerprint density at radius 1 is 1.14 bits per heavy atom. The number of hydrogen-bond acceptors (Lipinski definition) is 9. The largest absolute Gasteiger partial charge is 0.368 e. The zero-order valence-electron chi connectivity index (χ0n) is 23.5. The van der Waals surface area contributed by atoms with Crippen molar-refractivity contribution < 1.29 is 13.9 Å². The lowest BCUT2D eigenvalue weighted by atomic mass is 9.89. The van der Waals surface area contributed by atoms with Crippen LogP contribution in [-0.2, 0) is 9.53 Å². The molecule has 12 nitrogen and oxygen atoms in total. The molecule has 1 aliphatic heterocycles. The minimum atomic E-state index is -0.991. The molecule has 5 aromatic rings. The Bertz CT molecular complexity index is 1710. The zero-order valence-corrected chi connectivity index (χ0v) is 23.5. The van der Waals surface area contributed by atoms with Gasteiger partial charge in [-0.1, -0.05) is 18.2 Å². The summed E-state index contributed by atoms with van der Waals surface area (Å²) in [5.74, 6) is 1.76. The molecule has 1 atom stereocenters. The van der Waals surface area contributed by atoms with Gasteiger partial charge < -0.3 is 20.3 Å². The van der Waals surface area contributed by atoms with Crippen molar-refractivity contribution in [3.8, 4) is 5.82 Å². The number of carbonyl (C=O) groups excluding carboxylic acids is 1. The number of rotatable bonds is 8. The molecule has 1 aromatic carbocycles. The first-order valence-electron chi connectivity index (χ1n) is 13.7. The van der Waals surface area contributed by atoms with E-state index in [1.807, 2.05) is 50.2 Å². The van der Waals surface area contributed by atoms with Gasteiger partial charge in [-0.15, -0.1) is 0 Å². The van der Waals surface area contributed by atoms with Crippen molar-refractivity contribution in [3.63, 3.8) is 0 Å². The molecule has 0 bridgehead atoms. The van der Waals surface area contributed by atoms with Crippen LogP contribution in [0.15, 0.2) is 61.1 Å². The number of anilines is 3. The Morgan fingerprint density at radius 2 is 1.95 bits per heavy atom. The standard InChI is InChI=1S/C29H31FN10O2/c1-18-14-24(38-37-18)35-26-22-6-4-5-7-23(22)34-28(36-26)39-12-10-29(42-3,11-13-39)27(41)33-19(2)20-8-9-25(31-15-20)40-17-21(30)16-32-40/h4-9,14-17,19H,10-13H2,1-3H3,(H,33,41)(H2,34,35,36,37,38)/t19-/m0/s1. The summed E-state index contributed by atoms with van der Waals surface area (Å²) in [4.78, 5) is 29.6. The predicted octanol–water partition coefficient (Wildman–Crippen LogP) is 3.99. The van der Waals surface area contributed by atoms with Crippen molar-refractivity contribution in [2.24, 2.45) is 0 Å². The van der Waals surface area contributed by atoms with E-state index >= 15 is 0 Å². The normalized spacial score (nSPS) is 15.5. The maximum absolute atomic E-state index is 13.5. The summed E-state index contributed by atoms with van der Waals surface area (Å²) in [6, 6.07) is 13.0. The lowest BCUT2D eigenvalue weighted by Crippen LogP contribution is -2.55. The van der Waals surface area contributed by atoms with Crippen LogP contribution in [0, 0.1) is 12.7 Å². The van der Waals surface area contributed by atoms with Gasteiger partial charge in [-0.05, 0) is 37.6 Å². The van der Waals surface area contributed by atoms with E-state index in [0.717, 1.165) is 28.4 Å². The van der Waals surface area contributed by atoms with Crippen LogP contribution in [0.3, 0.4) is 0 Å². The number of halogens is 1. The highest BCUT2D eigenvalue weighted by molar-refractivity contribution is 5.91. The number of ether oxygens (including phenoxy) is 1. The summed E-state index contributed by atoms with van der Waals surface area (Å²) >= 11 is 0. The minimum absolute atomic E-state index is 0.189. The van der Waals surface area contributed by atoms with Gasteiger partial charge in [0, 0.05) is 56.4 Å². The minimum Gasteiger partial charge on any atom is -0.368 e. The number of nitrogens with zero attached hydrogens (tertiary/aromatic N) is 7. The molecule has 0 saturated carbocycles. The summed E-state index contributed by atoms with van der Waals surface area (Å²) < 4.78 is 20.5. The number of aromatic nitrogens is 7. The Balaban J connectivity index is 1.14. The molecule has 0 radical (unpaired) electrons. The SMILES string of the molecule is COC1(C(=O)N[C@@H](C)c2ccc(-n3cc(F)cn3)nc2)CCN(c2nc(Nc3cc(C)[nH]n3)c3ccccc3n2)CC1. The Kier molecular flexibility index (Phi) is 7.25. The molecule has 6 rings (SSSR count). The molecular weight excluding hydrogens is 539 g/mol. The maximum Gasteiger partial charge on any atom is 0.252 e. The van der Waals surface area contributed by atoms with E-state index in [1.54, 1.807) is 19.4 Å². The second kappa shape index (κ2) is 11.2. The number of fused-ring (bicyclic) bond motifs is 1. The molecule has 1 amide bonds. The van der Waals surface area contributed by atoms with Crippen LogP contribution >= 0.6 is 0 Å². The second-order valence-corrected chi connectivity index (χ2v) is 10.4. The first kappa shape index (κ1) is 27.3. The summed E-state index contributed by atoms with van der Waals surface area (Å²) in [5, 5.41) is 18.4. The zero-order chi connectivity index (χ0) is 29.3. The number of nitrogens with one attached hydrogen (secondary N) is 3. The van der Waals surface area contributed by atoms with Gasteiger partial charge in [-0.2, -0.15) is 15.2 Å². The van der Waals surface area contributed by atoms with E-state index in [4.69, 9.17) is 14.7 Å². The molecule has 1 aliphatic rings. The smallest absolute Gasteiger partial charge is 0.252 e. The van der Waals surface area contributed by atoms with Crippen LogP contribution in [0.1, 0.15) is 37.1 Å². The third-order valence-electron chi connectivity index (χ3n) is 7.61. The molecular formula is C29H31FN10O2. The summed E-state index contributed by atoms with van der Waals surface area (Å²) in [7, 11) is 1.57. The molecule has 0 spiro atoms. The van der Waals surface area contributed by atoms with Gasteiger partial charge in [0.2, 0.25) is 5.95 Å². The number of piperidine rings is 1. The fourth-order valence-electron chi connectivity index (χ4n) is 5.12. The van der Waals surface area contributed by atoms with Gasteiger partial charge >= 0.3 is 0 Å². The van der Waals surface area contributed by atoms with Gasteiger partial charge in [0.05, 0.1) is 24.0 Å². The van der Waals surface area contributed by atoms with Gasteiger partial charge in [-0.25, -0.2) is 19.0 Å². The van der Waals surface area contributed by atoms with Crippen molar-refractivity contribution in [2.75, 3.05) is 30.4 Å². The first-order valence-corrected chi connectivity index (χ1v) is 13.7. The summed E-state index contributed by atoms with van der Waals surface area (Å²) in [6.07, 6.45) is 4.94. The number of methoxy groups -OCH3 is 1. The van der Waals surface area contributed by atoms with Crippen molar-refractivity contribution in [1.29, 1.82) is 0 Å². The van der Waals surface area contributed by atoms with Crippen molar-refractivity contribution in [2.45, 2.75) is 38.3 Å². The van der Waals surface area contributed by atoms with Crippen LogP contribution in [0.4, 0.5) is 22.0 Å². The molecule has 3 N–H and O–H groups in total. The number of para-hydroxylation sites is 1. The number of amides is 1. The first-order chi connectivity index (χ1) is 20.3. The van der Waals surface area contributed by atoms with Crippen molar-refractivity contribution in [1.82, 2.24) is 40.2 Å². The molecule has 42 heavy (non-hydrogen) atoms. The molecule has 0 aliphatic carbocycles. The topological polar surface area (TPSA) is 139 Å². The molecule has 1 fully saturated rings. The lowest BCUT2D eigenvalue weighted by Gasteiger charge is -2.40. The Labute approximate surface area is 241 Å². The quantitative estimate of drug-likeness (QED) is 0.253. The number of pyridine rings is 1. The van der Waals surface area contributed by atoms with Gasteiger partial charge in [0.1, 0.15) is 11.4 Å². The number of benzene rings is 1. The van der Waals surface area contributed by atoms with Crippen LogP contribution in [0.2, 0.25) is 0 Å². The highest BCUT2D eigenvalue weighted by Gasteiger charge is 2.42. The maximum atomic E-state index is 13.5. The molecule has 4 aromatic heterocycles. The highest BCUT2D eigenvalue weighted by Crippen LogP contribution is 2.31. The number of carbonyl (C=O) groups is 1. The van der Waals surface area contributed by atoms with Gasteiger partial charge in [0.25, 0.3) is 5.91 Å². The Hall–Kier alpha value is -4.91. The molecule has 0 unspecified atom stereocenters. The third-order valence-corrected chi connectivity index (χ3v) is 7.61. The summed E-state index contributed by atoms with van der Waals surface area (Å²) in [5.41, 5.74) is 1.56. The molecule has 216 valence electrons.